The molecule has 0 unspecified atom stereocenters. The lowest BCUT2D eigenvalue weighted by molar-refractivity contribution is -0.141. The zero-order chi connectivity index (χ0) is 24.4. The summed E-state index contributed by atoms with van der Waals surface area (Å²) < 4.78 is 45.6. The molecule has 1 saturated heterocycles. The van der Waals surface area contributed by atoms with Crippen molar-refractivity contribution in [3.05, 3.63) is 59.5 Å². The van der Waals surface area contributed by atoms with E-state index in [1.165, 1.54) is 18.0 Å². The third-order valence-corrected chi connectivity index (χ3v) is 6.37. The van der Waals surface area contributed by atoms with Crippen molar-refractivity contribution in [1.29, 1.82) is 0 Å². The number of aromatic nitrogens is 3. The molecule has 1 aliphatic heterocycles. The Labute approximate surface area is 200 Å². The van der Waals surface area contributed by atoms with Crippen molar-refractivity contribution < 1.29 is 23.0 Å². The molecule has 2 aromatic heterocycles. The van der Waals surface area contributed by atoms with Crippen LogP contribution >= 0.6 is 0 Å². The molecule has 3 heterocycles. The van der Waals surface area contributed by atoms with Crippen molar-refractivity contribution in [3.8, 4) is 11.3 Å². The van der Waals surface area contributed by atoms with E-state index in [-0.39, 0.29) is 18.0 Å². The Balaban J connectivity index is 1.44. The smallest absolute Gasteiger partial charge is 0.393 e. The van der Waals surface area contributed by atoms with Gasteiger partial charge in [-0.3, -0.25) is 0 Å². The number of nitrogens with zero attached hydrogens (tertiary/aromatic N) is 3. The molecule has 35 heavy (non-hydrogen) atoms. The molecule has 2 aliphatic rings. The summed E-state index contributed by atoms with van der Waals surface area (Å²) in [6.45, 7) is 1.01. The van der Waals surface area contributed by atoms with Gasteiger partial charge in [0.1, 0.15) is 23.7 Å². The highest BCUT2D eigenvalue weighted by molar-refractivity contribution is 5.75. The standard InChI is InChI=1S/C25H26F3N5O2/c26-25(27,28)22-9-8-18(24(33-22)29-13-17-4-2-10-35-17)21-12-23(31-14-30-21)32-20-5-1-3-15-6-7-16(34)11-19(15)20/h1,3,5,8-9,12,14,16-17,34H,2,4,6-7,10-11,13H2,(H,29,33)(H,30,31,32)/t16-,17-/m1/s1. The number of anilines is 3. The Morgan fingerprint density at radius 2 is 2.00 bits per heavy atom. The van der Waals surface area contributed by atoms with Gasteiger partial charge in [0.25, 0.3) is 0 Å². The number of fused-ring (bicyclic) bond motifs is 1. The largest absolute Gasteiger partial charge is 0.433 e. The van der Waals surface area contributed by atoms with Gasteiger partial charge in [-0.2, -0.15) is 13.2 Å². The summed E-state index contributed by atoms with van der Waals surface area (Å²) in [5.41, 5.74) is 2.96. The number of aliphatic hydroxyl groups is 1. The molecule has 2 atom stereocenters. The molecule has 3 aromatic rings. The van der Waals surface area contributed by atoms with Gasteiger partial charge in [-0.1, -0.05) is 12.1 Å². The van der Waals surface area contributed by atoms with Crippen LogP contribution in [0.5, 0.6) is 0 Å². The molecule has 0 bridgehead atoms. The minimum atomic E-state index is -4.56. The lowest BCUT2D eigenvalue weighted by atomic mass is 9.88. The molecule has 5 rings (SSSR count). The van der Waals surface area contributed by atoms with Crippen molar-refractivity contribution in [2.75, 3.05) is 23.8 Å². The van der Waals surface area contributed by atoms with Crippen LogP contribution in [0.2, 0.25) is 0 Å². The summed E-state index contributed by atoms with van der Waals surface area (Å²) in [5.74, 6) is 0.591. The van der Waals surface area contributed by atoms with Gasteiger partial charge in [0.05, 0.1) is 17.9 Å². The van der Waals surface area contributed by atoms with Crippen molar-refractivity contribution in [2.24, 2.45) is 0 Å². The van der Waals surface area contributed by atoms with Crippen LogP contribution in [0.4, 0.5) is 30.5 Å². The second-order valence-electron chi connectivity index (χ2n) is 8.86. The van der Waals surface area contributed by atoms with Gasteiger partial charge in [-0.15, -0.1) is 0 Å². The molecular weight excluding hydrogens is 459 g/mol. The van der Waals surface area contributed by atoms with Crippen LogP contribution in [0.25, 0.3) is 11.3 Å². The number of hydrogen-bond acceptors (Lipinski definition) is 7. The monoisotopic (exact) mass is 485 g/mol. The van der Waals surface area contributed by atoms with E-state index in [9.17, 15) is 18.3 Å². The normalized spacial score (nSPS) is 19.9. The number of aliphatic hydroxyl groups excluding tert-OH is 1. The highest BCUT2D eigenvalue weighted by atomic mass is 19.4. The number of alkyl halides is 3. The zero-order valence-corrected chi connectivity index (χ0v) is 19.0. The van der Waals surface area contributed by atoms with E-state index in [1.54, 1.807) is 6.07 Å². The molecule has 0 spiro atoms. The third kappa shape index (κ3) is 5.38. The average Bonchev–Trinajstić information content (AvgIpc) is 3.36. The van der Waals surface area contributed by atoms with Crippen LogP contribution in [0.3, 0.4) is 0 Å². The molecule has 184 valence electrons. The van der Waals surface area contributed by atoms with Crippen LogP contribution in [0.15, 0.2) is 42.7 Å². The molecule has 0 radical (unpaired) electrons. The molecule has 7 nitrogen and oxygen atoms in total. The van der Waals surface area contributed by atoms with E-state index < -0.39 is 11.9 Å². The Morgan fingerprint density at radius 3 is 2.80 bits per heavy atom. The van der Waals surface area contributed by atoms with E-state index in [4.69, 9.17) is 4.74 Å². The van der Waals surface area contributed by atoms with Gasteiger partial charge in [0.2, 0.25) is 0 Å². The van der Waals surface area contributed by atoms with Crippen molar-refractivity contribution in [3.63, 3.8) is 0 Å². The number of aryl methyl sites for hydroxylation is 1. The number of pyridine rings is 1. The summed E-state index contributed by atoms with van der Waals surface area (Å²) in [4.78, 5) is 12.5. The lowest BCUT2D eigenvalue weighted by Crippen LogP contribution is -2.20. The lowest BCUT2D eigenvalue weighted by Gasteiger charge is -2.23. The SMILES string of the molecule is O[C@@H]1CCc2cccc(Nc3cc(-c4ccc(C(F)(F)F)nc4NC[C@H]4CCCO4)ncn3)c2C1. The van der Waals surface area contributed by atoms with Crippen LogP contribution in [-0.4, -0.2) is 45.4 Å². The Bertz CT molecular complexity index is 1200. The minimum Gasteiger partial charge on any atom is -0.393 e. The van der Waals surface area contributed by atoms with Crippen LogP contribution < -0.4 is 10.6 Å². The van der Waals surface area contributed by atoms with Crippen LogP contribution in [-0.2, 0) is 23.8 Å². The Hall–Kier alpha value is -3.24. The van der Waals surface area contributed by atoms with Crippen molar-refractivity contribution in [2.45, 2.75) is 50.5 Å². The second-order valence-corrected chi connectivity index (χ2v) is 8.86. The van der Waals surface area contributed by atoms with Gasteiger partial charge in [-0.05, 0) is 55.0 Å². The first kappa shape index (κ1) is 23.5. The van der Waals surface area contributed by atoms with Crippen LogP contribution in [0, 0.1) is 0 Å². The van der Waals surface area contributed by atoms with Gasteiger partial charge in [-0.25, -0.2) is 15.0 Å². The third-order valence-electron chi connectivity index (χ3n) is 6.37. The molecule has 3 N–H and O–H groups in total. The molecule has 10 heteroatoms. The summed E-state index contributed by atoms with van der Waals surface area (Å²) in [7, 11) is 0. The first-order chi connectivity index (χ1) is 16.9. The average molecular weight is 486 g/mol. The summed E-state index contributed by atoms with van der Waals surface area (Å²) >= 11 is 0. The first-order valence-corrected chi connectivity index (χ1v) is 11.7. The predicted molar refractivity (Wildman–Crippen MR) is 125 cm³/mol. The maximum absolute atomic E-state index is 13.3. The van der Waals surface area contributed by atoms with Crippen LogP contribution in [0.1, 0.15) is 36.1 Å². The summed E-state index contributed by atoms with van der Waals surface area (Å²) in [5, 5.41) is 16.5. The second kappa shape index (κ2) is 9.79. The highest BCUT2D eigenvalue weighted by Crippen LogP contribution is 2.34. The quantitative estimate of drug-likeness (QED) is 0.464. The maximum Gasteiger partial charge on any atom is 0.433 e. The van der Waals surface area contributed by atoms with E-state index in [1.807, 2.05) is 12.1 Å². The van der Waals surface area contributed by atoms with Gasteiger partial charge < -0.3 is 20.5 Å². The summed E-state index contributed by atoms with van der Waals surface area (Å²) in [6.07, 6.45) is 0.210. The number of rotatable bonds is 6. The molecule has 0 amide bonds. The fourth-order valence-electron chi connectivity index (χ4n) is 4.57. The molecule has 1 fully saturated rings. The number of halogens is 3. The number of nitrogens with one attached hydrogen (secondary N) is 2. The summed E-state index contributed by atoms with van der Waals surface area (Å²) in [6, 6.07) is 9.94. The predicted octanol–water partition coefficient (Wildman–Crippen LogP) is 4.74. The van der Waals surface area contributed by atoms with Gasteiger partial charge >= 0.3 is 6.18 Å². The number of ether oxygens (including phenoxy) is 1. The first-order valence-electron chi connectivity index (χ1n) is 11.7. The Kier molecular flexibility index (Phi) is 6.57. The maximum atomic E-state index is 13.3. The number of hydrogen-bond donors (Lipinski definition) is 3. The van der Waals surface area contributed by atoms with E-state index in [2.05, 4.69) is 31.7 Å². The molecule has 1 aliphatic carbocycles. The van der Waals surface area contributed by atoms with E-state index in [0.29, 0.717) is 36.6 Å². The minimum absolute atomic E-state index is 0.0681. The fourth-order valence-corrected chi connectivity index (χ4v) is 4.57. The highest BCUT2D eigenvalue weighted by Gasteiger charge is 2.33. The van der Waals surface area contributed by atoms with Crippen molar-refractivity contribution >= 4 is 17.3 Å². The fraction of sp³-hybridized carbons (Fsp3) is 0.400. The molecule has 0 saturated carbocycles. The van der Waals surface area contributed by atoms with Crippen molar-refractivity contribution in [1.82, 2.24) is 15.0 Å². The topological polar surface area (TPSA) is 92.2 Å². The van der Waals surface area contributed by atoms with E-state index >= 15 is 0 Å². The van der Waals surface area contributed by atoms with Gasteiger partial charge in [0, 0.05) is 36.9 Å². The number of benzene rings is 1. The van der Waals surface area contributed by atoms with E-state index in [0.717, 1.165) is 43.0 Å². The molecule has 1 aromatic carbocycles. The zero-order valence-electron chi connectivity index (χ0n) is 19.0. The molecular formula is C25H26F3N5O2. The Morgan fingerprint density at radius 1 is 1.11 bits per heavy atom. The van der Waals surface area contributed by atoms with Gasteiger partial charge in [0.15, 0.2) is 0 Å².